The number of ether oxygens (including phenoxy) is 1. The molecule has 1 aliphatic heterocycles. The quantitative estimate of drug-likeness (QED) is 0.616. The van der Waals surface area contributed by atoms with Crippen molar-refractivity contribution >= 4 is 17.3 Å². The lowest BCUT2D eigenvalue weighted by Gasteiger charge is -2.38. The van der Waals surface area contributed by atoms with Gasteiger partial charge < -0.3 is 20.3 Å². The molecule has 0 bridgehead atoms. The van der Waals surface area contributed by atoms with Crippen LogP contribution in [0.2, 0.25) is 0 Å². The third kappa shape index (κ3) is 2.91. The highest BCUT2D eigenvalue weighted by molar-refractivity contribution is 6.12. The maximum Gasteiger partial charge on any atom is 0.262 e. The van der Waals surface area contributed by atoms with Crippen LogP contribution in [0.15, 0.2) is 66.7 Å². The average molecular weight is 362 g/mol. The molecule has 0 spiro atoms. The van der Waals surface area contributed by atoms with Crippen LogP contribution >= 0.6 is 0 Å². The lowest BCUT2D eigenvalue weighted by molar-refractivity contribution is 0.0975. The Hall–Kier alpha value is -3.67. The van der Waals surface area contributed by atoms with E-state index < -0.39 is 6.17 Å². The minimum Gasteiger partial charge on any atom is -0.504 e. The van der Waals surface area contributed by atoms with E-state index in [0.29, 0.717) is 28.3 Å². The second kappa shape index (κ2) is 6.57. The lowest BCUT2D eigenvalue weighted by atomic mass is 10.0. The van der Waals surface area contributed by atoms with Crippen LogP contribution in [0.25, 0.3) is 0 Å². The predicted molar refractivity (Wildman–Crippen MR) is 102 cm³/mol. The molecule has 6 nitrogen and oxygen atoms in total. The Labute approximate surface area is 156 Å². The van der Waals surface area contributed by atoms with E-state index in [2.05, 4.69) is 5.32 Å². The smallest absolute Gasteiger partial charge is 0.262 e. The first-order valence-corrected chi connectivity index (χ1v) is 8.43. The van der Waals surface area contributed by atoms with Gasteiger partial charge in [0.05, 0.1) is 12.7 Å². The van der Waals surface area contributed by atoms with Crippen LogP contribution in [-0.2, 0) is 0 Å². The number of phenols is 2. The maximum atomic E-state index is 13.3. The molecule has 1 aliphatic rings. The molecule has 0 radical (unpaired) electrons. The Morgan fingerprint density at radius 1 is 0.963 bits per heavy atom. The third-order valence-corrected chi connectivity index (χ3v) is 4.59. The number of carbonyl (C=O) groups is 1. The summed E-state index contributed by atoms with van der Waals surface area (Å²) in [5.41, 5.74) is 2.60. The summed E-state index contributed by atoms with van der Waals surface area (Å²) in [6.07, 6.45) is -0.549. The number of nitrogens with one attached hydrogen (secondary N) is 1. The van der Waals surface area contributed by atoms with E-state index in [0.717, 1.165) is 0 Å². The van der Waals surface area contributed by atoms with E-state index in [4.69, 9.17) is 4.74 Å². The normalized spacial score (nSPS) is 15.8. The van der Waals surface area contributed by atoms with Crippen molar-refractivity contribution in [2.75, 3.05) is 17.3 Å². The summed E-state index contributed by atoms with van der Waals surface area (Å²) in [7, 11) is 1.58. The highest BCUT2D eigenvalue weighted by atomic mass is 16.5. The van der Waals surface area contributed by atoms with Crippen molar-refractivity contribution in [2.45, 2.75) is 6.17 Å². The van der Waals surface area contributed by atoms with Gasteiger partial charge in [-0.25, -0.2) is 0 Å². The van der Waals surface area contributed by atoms with Crippen molar-refractivity contribution in [1.29, 1.82) is 0 Å². The maximum absolute atomic E-state index is 13.3. The minimum atomic E-state index is -0.549. The summed E-state index contributed by atoms with van der Waals surface area (Å²) < 4.78 is 5.20. The first-order valence-electron chi connectivity index (χ1n) is 8.43. The van der Waals surface area contributed by atoms with Gasteiger partial charge in [-0.05, 0) is 54.1 Å². The number of hydrogen-bond donors (Lipinski definition) is 3. The number of hydrogen-bond acceptors (Lipinski definition) is 5. The van der Waals surface area contributed by atoms with Gasteiger partial charge in [0.15, 0.2) is 11.5 Å². The minimum absolute atomic E-state index is 0.160. The Bertz CT molecular complexity index is 1000. The predicted octanol–water partition coefficient (Wildman–Crippen LogP) is 3.88. The third-order valence-electron chi connectivity index (χ3n) is 4.59. The number of anilines is 2. The molecular weight excluding hydrogens is 344 g/mol. The fraction of sp³-hybridized carbons (Fsp3) is 0.0952. The van der Waals surface area contributed by atoms with E-state index in [1.165, 1.54) is 12.1 Å². The molecule has 1 amide bonds. The van der Waals surface area contributed by atoms with Crippen LogP contribution in [0, 0.1) is 0 Å². The highest BCUT2D eigenvalue weighted by Gasteiger charge is 2.34. The van der Waals surface area contributed by atoms with Crippen molar-refractivity contribution in [3.05, 3.63) is 77.9 Å². The van der Waals surface area contributed by atoms with Gasteiger partial charge >= 0.3 is 0 Å². The zero-order chi connectivity index (χ0) is 19.0. The van der Waals surface area contributed by atoms with Crippen LogP contribution in [0.4, 0.5) is 11.4 Å². The molecule has 136 valence electrons. The fourth-order valence-corrected chi connectivity index (χ4v) is 3.21. The van der Waals surface area contributed by atoms with Gasteiger partial charge in [0.1, 0.15) is 11.9 Å². The number of methoxy groups -OCH3 is 1. The highest BCUT2D eigenvalue weighted by Crippen LogP contribution is 2.39. The largest absolute Gasteiger partial charge is 0.504 e. The summed E-state index contributed by atoms with van der Waals surface area (Å²) in [4.78, 5) is 14.9. The van der Waals surface area contributed by atoms with Crippen LogP contribution in [-0.4, -0.2) is 23.2 Å². The van der Waals surface area contributed by atoms with Crippen molar-refractivity contribution in [2.24, 2.45) is 0 Å². The topological polar surface area (TPSA) is 82.0 Å². The van der Waals surface area contributed by atoms with Crippen molar-refractivity contribution in [1.82, 2.24) is 0 Å². The molecule has 0 saturated carbocycles. The summed E-state index contributed by atoms with van der Waals surface area (Å²) in [6, 6.07) is 19.0. The van der Waals surface area contributed by atoms with Gasteiger partial charge in [0.25, 0.3) is 5.91 Å². The van der Waals surface area contributed by atoms with Gasteiger partial charge in [-0.2, -0.15) is 0 Å². The Morgan fingerprint density at radius 2 is 1.70 bits per heavy atom. The molecule has 27 heavy (non-hydrogen) atoms. The van der Waals surface area contributed by atoms with E-state index in [1.54, 1.807) is 48.4 Å². The molecule has 0 saturated heterocycles. The van der Waals surface area contributed by atoms with E-state index in [9.17, 15) is 15.0 Å². The molecular formula is C21H18N2O4. The number of amides is 1. The average Bonchev–Trinajstić information content (AvgIpc) is 2.70. The van der Waals surface area contributed by atoms with Gasteiger partial charge in [0.2, 0.25) is 0 Å². The Balaban J connectivity index is 1.84. The first-order chi connectivity index (χ1) is 13.1. The van der Waals surface area contributed by atoms with Gasteiger partial charge in [-0.3, -0.25) is 9.69 Å². The summed E-state index contributed by atoms with van der Waals surface area (Å²) in [6.45, 7) is 0. The molecule has 3 aromatic rings. The Kier molecular flexibility index (Phi) is 4.08. The molecule has 3 N–H and O–H groups in total. The van der Waals surface area contributed by atoms with Crippen LogP contribution in [0.1, 0.15) is 22.1 Å². The van der Waals surface area contributed by atoms with Gasteiger partial charge in [0, 0.05) is 11.4 Å². The number of para-hydroxylation sites is 1. The second-order valence-corrected chi connectivity index (χ2v) is 6.21. The van der Waals surface area contributed by atoms with Crippen molar-refractivity contribution in [3.63, 3.8) is 0 Å². The van der Waals surface area contributed by atoms with E-state index >= 15 is 0 Å². The number of aromatic hydroxyl groups is 2. The van der Waals surface area contributed by atoms with Crippen LogP contribution in [0.5, 0.6) is 17.2 Å². The Morgan fingerprint density at radius 3 is 2.41 bits per heavy atom. The van der Waals surface area contributed by atoms with E-state index in [1.807, 2.05) is 18.2 Å². The molecule has 0 aromatic heterocycles. The summed E-state index contributed by atoms with van der Waals surface area (Å²) in [5, 5.41) is 22.9. The van der Waals surface area contributed by atoms with Gasteiger partial charge in [-0.1, -0.05) is 18.2 Å². The number of benzene rings is 3. The molecule has 4 rings (SSSR count). The van der Waals surface area contributed by atoms with Gasteiger partial charge in [-0.15, -0.1) is 0 Å². The SMILES string of the molecule is COc1ccc(N2C(=O)c3ccccc3N[C@@H]2c2ccc(O)c(O)c2)cc1. The first kappa shape index (κ1) is 16.8. The number of nitrogens with zero attached hydrogens (tertiary/aromatic N) is 1. The molecule has 1 atom stereocenters. The number of fused-ring (bicyclic) bond motifs is 1. The number of rotatable bonds is 3. The fourth-order valence-electron chi connectivity index (χ4n) is 3.21. The molecule has 1 heterocycles. The standard InChI is InChI=1S/C21H18N2O4/c1-27-15-9-7-14(8-10-15)23-20(13-6-11-18(24)19(25)12-13)22-17-5-3-2-4-16(17)21(23)26/h2-12,20,22,24-25H,1H3/t20-/m0/s1. The van der Waals surface area contributed by atoms with Crippen LogP contribution < -0.4 is 15.0 Å². The molecule has 0 unspecified atom stereocenters. The molecule has 0 aliphatic carbocycles. The second-order valence-electron chi connectivity index (χ2n) is 6.21. The number of phenolic OH excluding ortho intramolecular Hbond substituents is 2. The van der Waals surface area contributed by atoms with Crippen molar-refractivity contribution < 1.29 is 19.7 Å². The lowest BCUT2D eigenvalue weighted by Crippen LogP contribution is -2.43. The number of carbonyl (C=O) groups excluding carboxylic acids is 1. The van der Waals surface area contributed by atoms with Crippen molar-refractivity contribution in [3.8, 4) is 17.2 Å². The molecule has 3 aromatic carbocycles. The van der Waals surface area contributed by atoms with E-state index in [-0.39, 0.29) is 17.4 Å². The summed E-state index contributed by atoms with van der Waals surface area (Å²) >= 11 is 0. The zero-order valence-corrected chi connectivity index (χ0v) is 14.6. The molecule has 0 fully saturated rings. The monoisotopic (exact) mass is 362 g/mol. The summed E-state index contributed by atoms with van der Waals surface area (Å²) in [5.74, 6) is 0.0787. The zero-order valence-electron chi connectivity index (χ0n) is 14.6. The molecule has 6 heteroatoms. The van der Waals surface area contributed by atoms with Crippen LogP contribution in [0.3, 0.4) is 0 Å².